The van der Waals surface area contributed by atoms with Gasteiger partial charge in [-0.3, -0.25) is 19.2 Å². The molecular formula is C28H31N9O3. The van der Waals surface area contributed by atoms with Gasteiger partial charge >= 0.3 is 0 Å². The molecule has 40 heavy (non-hydrogen) atoms. The third-order valence-electron chi connectivity index (χ3n) is 7.77. The van der Waals surface area contributed by atoms with Crippen LogP contribution in [0.3, 0.4) is 0 Å². The molecule has 1 saturated heterocycles. The van der Waals surface area contributed by atoms with E-state index in [1.54, 1.807) is 13.2 Å². The quantitative estimate of drug-likeness (QED) is 0.352. The topological polar surface area (TPSA) is 150 Å². The summed E-state index contributed by atoms with van der Waals surface area (Å²) in [6.45, 7) is 2.59. The summed E-state index contributed by atoms with van der Waals surface area (Å²) < 4.78 is 7.80. The fourth-order valence-electron chi connectivity index (χ4n) is 5.04. The summed E-state index contributed by atoms with van der Waals surface area (Å²) in [5.74, 6) is 0.329. The lowest BCUT2D eigenvalue weighted by atomic mass is 10.0. The first kappa shape index (κ1) is 25.8. The number of aromatic nitrogens is 4. The second-order valence-electron chi connectivity index (χ2n) is 10.8. The molecule has 2 amide bonds. The van der Waals surface area contributed by atoms with Crippen molar-refractivity contribution in [2.45, 2.75) is 31.7 Å². The molecule has 2 aliphatic carbocycles. The third-order valence-corrected chi connectivity index (χ3v) is 7.77. The van der Waals surface area contributed by atoms with Crippen LogP contribution >= 0.6 is 0 Å². The normalized spacial score (nSPS) is 17.8. The third kappa shape index (κ3) is 5.08. The maximum Gasteiger partial charge on any atom is 0.273 e. The molecular weight excluding hydrogens is 510 g/mol. The molecule has 1 aromatic carbocycles. The predicted molar refractivity (Wildman–Crippen MR) is 147 cm³/mol. The highest BCUT2D eigenvalue weighted by Gasteiger charge is 2.46. The number of anilines is 3. The summed E-state index contributed by atoms with van der Waals surface area (Å²) >= 11 is 0. The van der Waals surface area contributed by atoms with E-state index in [0.29, 0.717) is 17.1 Å². The number of hydrogen-bond donors (Lipinski definition) is 3. The zero-order chi connectivity index (χ0) is 27.9. The fraction of sp³-hybridized carbons (Fsp3) is 0.429. The standard InChI is InChI=1S/C28H31N9O3/c1-30-27(39)24-22(10-23(34-35-24)33-26(38)17-6-7-17)32-21-5-3-4-20(25(21)40-2)18-11-31-37(12-18)19-13-36(14-19)16-28(15-29)8-9-28/h3-5,10-12,17,19H,6-9,13-14,16H2,1-2H3,(H,30,39)(H2,32,33,34,38). The van der Waals surface area contributed by atoms with Crippen LogP contribution in [-0.4, -0.2) is 70.5 Å². The Kier molecular flexibility index (Phi) is 6.59. The molecule has 0 spiro atoms. The predicted octanol–water partition coefficient (Wildman–Crippen LogP) is 2.96. The van der Waals surface area contributed by atoms with E-state index in [0.717, 1.165) is 56.4 Å². The molecule has 12 nitrogen and oxygen atoms in total. The van der Waals surface area contributed by atoms with E-state index >= 15 is 0 Å². The Morgan fingerprint density at radius 3 is 2.67 bits per heavy atom. The van der Waals surface area contributed by atoms with Gasteiger partial charge in [-0.05, 0) is 31.7 Å². The molecule has 2 saturated carbocycles. The van der Waals surface area contributed by atoms with Crippen LogP contribution < -0.4 is 20.7 Å². The second kappa shape index (κ2) is 10.2. The number of methoxy groups -OCH3 is 1. The molecule has 12 heteroatoms. The highest BCUT2D eigenvalue weighted by atomic mass is 16.5. The molecule has 3 heterocycles. The van der Waals surface area contributed by atoms with Crippen molar-refractivity contribution in [2.24, 2.45) is 11.3 Å². The zero-order valence-corrected chi connectivity index (χ0v) is 22.5. The number of likely N-dealkylation sites (tertiary alicyclic amines) is 1. The first-order chi connectivity index (χ1) is 19.4. The minimum Gasteiger partial charge on any atom is -0.494 e. The molecule has 3 aliphatic rings. The Morgan fingerprint density at radius 2 is 2.00 bits per heavy atom. The molecule has 3 N–H and O–H groups in total. The van der Waals surface area contributed by atoms with E-state index < -0.39 is 5.91 Å². The number of nitriles is 1. The van der Waals surface area contributed by atoms with Gasteiger partial charge in [0.25, 0.3) is 5.91 Å². The van der Waals surface area contributed by atoms with Gasteiger partial charge in [-0.25, -0.2) is 0 Å². The number of carbonyl (C=O) groups excluding carboxylic acids is 2. The monoisotopic (exact) mass is 541 g/mol. The number of nitrogens with one attached hydrogen (secondary N) is 3. The van der Waals surface area contributed by atoms with Gasteiger partial charge in [0.05, 0.1) is 42.2 Å². The van der Waals surface area contributed by atoms with Crippen LogP contribution in [0.2, 0.25) is 0 Å². The van der Waals surface area contributed by atoms with Gasteiger partial charge in [0.1, 0.15) is 5.75 Å². The first-order valence-electron chi connectivity index (χ1n) is 13.4. The number of para-hydroxylation sites is 1. The summed E-state index contributed by atoms with van der Waals surface area (Å²) in [7, 11) is 3.11. The number of carbonyl (C=O) groups is 2. The van der Waals surface area contributed by atoms with Crippen LogP contribution in [0, 0.1) is 22.7 Å². The van der Waals surface area contributed by atoms with Crippen LogP contribution in [0.5, 0.6) is 5.75 Å². The van der Waals surface area contributed by atoms with Gasteiger partial charge in [0, 0.05) is 56.0 Å². The Morgan fingerprint density at radius 1 is 1.20 bits per heavy atom. The van der Waals surface area contributed by atoms with Gasteiger partial charge in [-0.1, -0.05) is 12.1 Å². The molecule has 2 aromatic heterocycles. The van der Waals surface area contributed by atoms with Crippen LogP contribution in [0.4, 0.5) is 17.2 Å². The maximum absolute atomic E-state index is 12.5. The van der Waals surface area contributed by atoms with Crippen LogP contribution in [0.15, 0.2) is 36.7 Å². The largest absolute Gasteiger partial charge is 0.494 e. The maximum atomic E-state index is 12.5. The molecule has 1 aliphatic heterocycles. The van der Waals surface area contributed by atoms with Crippen LogP contribution in [-0.2, 0) is 4.79 Å². The van der Waals surface area contributed by atoms with Gasteiger partial charge in [0.15, 0.2) is 11.5 Å². The number of amides is 2. The minimum atomic E-state index is -0.414. The second-order valence-corrected chi connectivity index (χ2v) is 10.8. The summed E-state index contributed by atoms with van der Waals surface area (Å²) in [5.41, 5.74) is 2.69. The van der Waals surface area contributed by atoms with Crippen molar-refractivity contribution in [1.82, 2.24) is 30.2 Å². The SMILES string of the molecule is CNC(=O)c1nnc(NC(=O)C2CC2)cc1Nc1cccc(-c2cnn(C3CN(CC4(C#N)CC4)C3)c2)c1OC. The Bertz CT molecular complexity index is 1500. The lowest BCUT2D eigenvalue weighted by Crippen LogP contribution is -2.49. The number of ether oxygens (including phenoxy) is 1. The van der Waals surface area contributed by atoms with Gasteiger partial charge in [0.2, 0.25) is 5.91 Å². The van der Waals surface area contributed by atoms with Crippen molar-refractivity contribution in [3.8, 4) is 22.9 Å². The average molecular weight is 542 g/mol. The molecule has 0 atom stereocenters. The summed E-state index contributed by atoms with van der Waals surface area (Å²) in [6, 6.07) is 10.0. The number of benzene rings is 1. The van der Waals surface area contributed by atoms with Gasteiger partial charge in [-0.15, -0.1) is 10.2 Å². The van der Waals surface area contributed by atoms with E-state index in [-0.39, 0.29) is 34.8 Å². The fourth-order valence-corrected chi connectivity index (χ4v) is 5.04. The van der Waals surface area contributed by atoms with E-state index in [2.05, 4.69) is 42.2 Å². The van der Waals surface area contributed by atoms with Crippen molar-refractivity contribution in [3.63, 3.8) is 0 Å². The average Bonchev–Trinajstić information content (AvgIpc) is 3.88. The molecule has 3 aromatic rings. The van der Waals surface area contributed by atoms with Gasteiger partial charge < -0.3 is 20.7 Å². The van der Waals surface area contributed by atoms with Crippen molar-refractivity contribution in [1.29, 1.82) is 5.26 Å². The van der Waals surface area contributed by atoms with Crippen molar-refractivity contribution < 1.29 is 14.3 Å². The molecule has 0 radical (unpaired) electrons. The van der Waals surface area contributed by atoms with Crippen LogP contribution in [0.1, 0.15) is 42.2 Å². The summed E-state index contributed by atoms with van der Waals surface area (Å²) in [6.07, 6.45) is 7.55. The van der Waals surface area contributed by atoms with Crippen molar-refractivity contribution >= 4 is 29.0 Å². The Labute approximate surface area is 231 Å². The van der Waals surface area contributed by atoms with E-state index in [1.807, 2.05) is 35.3 Å². The zero-order valence-electron chi connectivity index (χ0n) is 22.5. The number of rotatable bonds is 10. The molecule has 0 unspecified atom stereocenters. The Balaban J connectivity index is 1.22. The highest BCUT2D eigenvalue weighted by Crippen LogP contribution is 2.46. The van der Waals surface area contributed by atoms with Crippen molar-refractivity contribution in [2.75, 3.05) is 44.4 Å². The minimum absolute atomic E-state index is 0.00455. The Hall–Kier alpha value is -4.50. The smallest absolute Gasteiger partial charge is 0.273 e. The van der Waals surface area contributed by atoms with E-state index in [9.17, 15) is 14.9 Å². The molecule has 206 valence electrons. The van der Waals surface area contributed by atoms with Crippen molar-refractivity contribution in [3.05, 3.63) is 42.4 Å². The van der Waals surface area contributed by atoms with Crippen LogP contribution in [0.25, 0.3) is 11.1 Å². The summed E-state index contributed by atoms with van der Waals surface area (Å²) in [5, 5.41) is 30.7. The van der Waals surface area contributed by atoms with E-state index in [4.69, 9.17) is 4.74 Å². The lowest BCUT2D eigenvalue weighted by Gasteiger charge is -2.40. The molecule has 3 fully saturated rings. The lowest BCUT2D eigenvalue weighted by molar-refractivity contribution is -0.117. The van der Waals surface area contributed by atoms with E-state index in [1.165, 1.54) is 7.05 Å². The first-order valence-corrected chi connectivity index (χ1v) is 13.4. The number of hydrogen-bond acceptors (Lipinski definition) is 9. The highest BCUT2D eigenvalue weighted by molar-refractivity contribution is 6.00. The molecule has 0 bridgehead atoms. The molecule has 6 rings (SSSR count). The number of nitrogens with zero attached hydrogens (tertiary/aromatic N) is 6. The summed E-state index contributed by atoms with van der Waals surface area (Å²) in [4.78, 5) is 27.1. The van der Waals surface area contributed by atoms with Gasteiger partial charge in [-0.2, -0.15) is 10.4 Å².